The average Bonchev–Trinajstić information content (AvgIpc) is 3.57. The van der Waals surface area contributed by atoms with Crippen LogP contribution in [0.25, 0.3) is 10.8 Å². The molecule has 61 heavy (non-hydrogen) atoms. The average molecular weight is 877 g/mol. The number of carbonyl (C=O) groups excluding carboxylic acids is 1. The summed E-state index contributed by atoms with van der Waals surface area (Å²) in [6.07, 6.45) is 14.9. The molecule has 326 valence electrons. The fourth-order valence-corrected chi connectivity index (χ4v) is 8.96. The van der Waals surface area contributed by atoms with E-state index in [0.717, 1.165) is 87.5 Å². The Morgan fingerprint density at radius 1 is 0.918 bits per heavy atom. The Kier molecular flexibility index (Phi) is 16.9. The van der Waals surface area contributed by atoms with Crippen LogP contribution in [0.4, 0.5) is 11.4 Å². The van der Waals surface area contributed by atoms with Crippen molar-refractivity contribution < 1.29 is 58.4 Å². The molecule has 0 saturated heterocycles. The molecule has 0 aliphatic carbocycles. The fraction of sp³-hybridized carbons (Fsp3) is 0.378. The number of fused-ring (bicyclic) bond motifs is 4. The zero-order chi connectivity index (χ0) is 44.2. The number of carboxylic acids is 2. The predicted octanol–water partition coefficient (Wildman–Crippen LogP) is 9.45. The lowest BCUT2D eigenvalue weighted by Gasteiger charge is -2.27. The highest BCUT2D eigenvalue weighted by Crippen LogP contribution is 2.48. The maximum atomic E-state index is 12.5. The second-order valence-electron chi connectivity index (χ2n) is 15.9. The molecule has 1 unspecified atom stereocenters. The van der Waals surface area contributed by atoms with Crippen LogP contribution in [-0.2, 0) is 44.0 Å². The highest BCUT2D eigenvalue weighted by atomic mass is 32.2. The van der Waals surface area contributed by atoms with Gasteiger partial charge in [0.25, 0.3) is 0 Å². The number of hydrogen-bond donors (Lipinski definition) is 5. The first-order valence-corrected chi connectivity index (χ1v) is 21.7. The summed E-state index contributed by atoms with van der Waals surface area (Å²) in [5, 5.41) is 47.4. The van der Waals surface area contributed by atoms with Crippen LogP contribution in [0, 0.1) is 0 Å². The van der Waals surface area contributed by atoms with Crippen molar-refractivity contribution in [2.45, 2.75) is 94.9 Å². The van der Waals surface area contributed by atoms with Gasteiger partial charge in [0.05, 0.1) is 23.9 Å². The molecule has 2 aliphatic heterocycles. The summed E-state index contributed by atoms with van der Waals surface area (Å²) in [6, 6.07) is 17.1. The SMILES string of the molecule is CC(/C=C/C=C1/N(CCCCC(=O)NC(CC(=O)O)C(=O)O)c2ccccc2C1(C)C)=C\C=C\C1=[N+](CCCCSOOO)c2ccc3cc(SOOO)ccc3c2C1(C)C. The maximum Gasteiger partial charge on any atom is 0.326 e. The van der Waals surface area contributed by atoms with E-state index in [2.05, 4.69) is 135 Å². The molecule has 3 aromatic carbocycles. The molecular weight excluding hydrogens is 823 g/mol. The van der Waals surface area contributed by atoms with Gasteiger partial charge in [-0.15, -0.1) is 8.67 Å². The van der Waals surface area contributed by atoms with Crippen LogP contribution in [0.15, 0.2) is 107 Å². The van der Waals surface area contributed by atoms with Gasteiger partial charge in [-0.2, -0.15) is 4.58 Å². The van der Waals surface area contributed by atoms with E-state index < -0.39 is 30.3 Å². The summed E-state index contributed by atoms with van der Waals surface area (Å²) < 4.78 is 11.6. The number of carboxylic acid groups (broad SMARTS) is 2. The summed E-state index contributed by atoms with van der Waals surface area (Å²) in [7, 11) is 0. The number of nitrogens with zero attached hydrogens (tertiary/aromatic N) is 2. The zero-order valence-corrected chi connectivity index (χ0v) is 36.6. The second-order valence-corrected chi connectivity index (χ2v) is 17.4. The fourth-order valence-electron chi connectivity index (χ4n) is 8.12. The van der Waals surface area contributed by atoms with Gasteiger partial charge in [0.2, 0.25) is 11.6 Å². The Morgan fingerprint density at radius 2 is 1.69 bits per heavy atom. The van der Waals surface area contributed by atoms with Gasteiger partial charge in [-0.1, -0.05) is 78.1 Å². The Morgan fingerprint density at radius 3 is 2.43 bits per heavy atom. The van der Waals surface area contributed by atoms with Gasteiger partial charge < -0.3 is 20.4 Å². The van der Waals surface area contributed by atoms with Gasteiger partial charge in [-0.3, -0.25) is 9.59 Å². The Labute approximate surface area is 364 Å². The molecule has 0 saturated carbocycles. The Balaban J connectivity index is 1.33. The van der Waals surface area contributed by atoms with Crippen LogP contribution in [-0.4, -0.2) is 73.7 Å². The predicted molar refractivity (Wildman–Crippen MR) is 237 cm³/mol. The number of unbranched alkanes of at least 4 members (excludes halogenated alkanes) is 2. The van der Waals surface area contributed by atoms with Gasteiger partial charge in [-0.25, -0.2) is 15.3 Å². The van der Waals surface area contributed by atoms with E-state index in [1.165, 1.54) is 11.1 Å². The van der Waals surface area contributed by atoms with Crippen LogP contribution < -0.4 is 10.2 Å². The molecule has 0 bridgehead atoms. The molecular formula is C45H54N3O11S2+. The van der Waals surface area contributed by atoms with Crippen molar-refractivity contribution in [1.29, 1.82) is 0 Å². The molecule has 2 aliphatic rings. The molecule has 3 aromatic rings. The van der Waals surface area contributed by atoms with Crippen molar-refractivity contribution in [1.82, 2.24) is 5.32 Å². The summed E-state index contributed by atoms with van der Waals surface area (Å²) in [5.74, 6) is -2.50. The number of anilines is 1. The number of amides is 1. The molecule has 0 fully saturated rings. The van der Waals surface area contributed by atoms with Crippen LogP contribution in [0.5, 0.6) is 0 Å². The molecule has 5 N–H and O–H groups in total. The molecule has 1 amide bonds. The minimum absolute atomic E-state index is 0.0869. The van der Waals surface area contributed by atoms with E-state index in [0.29, 0.717) is 25.1 Å². The summed E-state index contributed by atoms with van der Waals surface area (Å²) >= 11 is 1.98. The number of carbonyl (C=O) groups is 3. The van der Waals surface area contributed by atoms with E-state index in [-0.39, 0.29) is 17.3 Å². The topological polar surface area (TPSA) is 187 Å². The third-order valence-electron chi connectivity index (χ3n) is 11.0. The van der Waals surface area contributed by atoms with Gasteiger partial charge in [0.15, 0.2) is 5.71 Å². The van der Waals surface area contributed by atoms with Crippen LogP contribution in [0.1, 0.15) is 84.3 Å². The molecule has 2 heterocycles. The number of benzene rings is 3. The summed E-state index contributed by atoms with van der Waals surface area (Å²) in [6.45, 7) is 12.3. The molecule has 5 rings (SSSR count). The lowest BCUT2D eigenvalue weighted by Crippen LogP contribution is -2.42. The minimum atomic E-state index is -1.47. The molecule has 1 atom stereocenters. The van der Waals surface area contributed by atoms with Crippen LogP contribution in [0.2, 0.25) is 0 Å². The standard InChI is InChI=1S/C45H53N3O11S2/c1-30(14-12-18-38-44(2,3)34-16-6-7-17-36(34)47(38)25-9-8-20-40(49)46-35(43(52)53)29-41(50)51)15-13-19-39-45(4,5)42-33-23-22-32(61-59-57-55)28-31(33)21-24-37(42)48(39)26-10-11-27-60-58-56-54/h6-7,12-19,21-24,28,35H,8-11,20,25-27,29H2,1-5H3,(H4-,46,49,50,51,52,53,54,55)/p+1. The van der Waals surface area contributed by atoms with Crippen LogP contribution >= 0.6 is 24.1 Å². The van der Waals surface area contributed by atoms with E-state index in [4.69, 9.17) is 15.6 Å². The Hall–Kier alpha value is -4.78. The lowest BCUT2D eigenvalue weighted by molar-refractivity contribution is -0.438. The van der Waals surface area contributed by atoms with E-state index >= 15 is 0 Å². The first-order chi connectivity index (χ1) is 29.2. The molecule has 0 aromatic heterocycles. The van der Waals surface area contributed by atoms with Gasteiger partial charge in [0.1, 0.15) is 12.6 Å². The first kappa shape index (κ1) is 47.3. The van der Waals surface area contributed by atoms with E-state index in [1.54, 1.807) is 0 Å². The normalized spacial score (nSPS) is 16.9. The highest BCUT2D eigenvalue weighted by Gasteiger charge is 2.45. The third-order valence-corrected chi connectivity index (χ3v) is 12.2. The number of hydrogen-bond acceptors (Lipinski definition) is 12. The zero-order valence-electron chi connectivity index (χ0n) is 35.0. The first-order valence-electron chi connectivity index (χ1n) is 20.0. The summed E-state index contributed by atoms with van der Waals surface area (Å²) in [5.41, 5.74) is 7.35. The van der Waals surface area contributed by atoms with Gasteiger partial charge in [0, 0.05) is 76.6 Å². The number of rotatable bonds is 23. The van der Waals surface area contributed by atoms with Crippen molar-refractivity contribution in [3.63, 3.8) is 0 Å². The quantitative estimate of drug-likeness (QED) is 0.0151. The molecule has 0 radical (unpaired) electrons. The third kappa shape index (κ3) is 11.8. The largest absolute Gasteiger partial charge is 0.481 e. The van der Waals surface area contributed by atoms with Crippen molar-refractivity contribution in [3.8, 4) is 0 Å². The van der Waals surface area contributed by atoms with Crippen molar-refractivity contribution >= 4 is 69.8 Å². The number of allylic oxidation sites excluding steroid dienone is 8. The lowest BCUT2D eigenvalue weighted by atomic mass is 9.79. The molecule has 14 nitrogen and oxygen atoms in total. The number of nitrogens with one attached hydrogen (secondary N) is 1. The minimum Gasteiger partial charge on any atom is -0.481 e. The van der Waals surface area contributed by atoms with Crippen molar-refractivity contribution in [3.05, 3.63) is 113 Å². The summed E-state index contributed by atoms with van der Waals surface area (Å²) in [4.78, 5) is 38.0. The number of aliphatic carboxylic acids is 2. The monoisotopic (exact) mass is 876 g/mol. The second kappa shape index (κ2) is 21.8. The molecule has 0 spiro atoms. The maximum absolute atomic E-state index is 12.5. The van der Waals surface area contributed by atoms with Gasteiger partial charge in [-0.05, 0) is 86.7 Å². The van der Waals surface area contributed by atoms with E-state index in [1.807, 2.05) is 24.3 Å². The van der Waals surface area contributed by atoms with Crippen molar-refractivity contribution in [2.24, 2.45) is 0 Å². The van der Waals surface area contributed by atoms with E-state index in [9.17, 15) is 19.5 Å². The van der Waals surface area contributed by atoms with Crippen LogP contribution in [0.3, 0.4) is 0 Å². The van der Waals surface area contributed by atoms with Gasteiger partial charge >= 0.3 is 11.9 Å². The number of para-hydroxylation sites is 1. The Bertz CT molecular complexity index is 2230. The highest BCUT2D eigenvalue weighted by molar-refractivity contribution is 7.94. The molecule has 16 heteroatoms. The van der Waals surface area contributed by atoms with Crippen molar-refractivity contribution in [2.75, 3.05) is 23.7 Å². The smallest absolute Gasteiger partial charge is 0.326 e.